The fraction of sp³-hybridized carbons (Fsp3) is 0.0909. The molecule has 0 unspecified atom stereocenters. The van der Waals surface area contributed by atoms with Crippen molar-refractivity contribution in [2.45, 2.75) is 6.92 Å². The second-order valence-corrected chi connectivity index (χ2v) is 4.46. The minimum absolute atomic E-state index is 0.0702. The number of carbonyl (C=O) groups is 1. The van der Waals surface area contributed by atoms with Gasteiger partial charge in [-0.2, -0.15) is 5.10 Å². The molecule has 0 saturated carbocycles. The largest absolute Gasteiger partial charge is 0.476 e. The molecular formula is C11H10BrN3O2. The molecule has 0 fully saturated rings. The Labute approximate surface area is 106 Å². The summed E-state index contributed by atoms with van der Waals surface area (Å²) < 4.78 is 2.31. The zero-order chi connectivity index (χ0) is 12.6. The van der Waals surface area contributed by atoms with Crippen LogP contribution in [-0.4, -0.2) is 20.9 Å². The Kier molecular flexibility index (Phi) is 2.89. The van der Waals surface area contributed by atoms with Crippen molar-refractivity contribution >= 4 is 27.7 Å². The van der Waals surface area contributed by atoms with Crippen molar-refractivity contribution in [2.75, 3.05) is 5.73 Å². The number of aromatic carboxylic acids is 1. The van der Waals surface area contributed by atoms with E-state index in [0.717, 1.165) is 10.0 Å². The normalized spacial score (nSPS) is 10.5. The summed E-state index contributed by atoms with van der Waals surface area (Å²) in [6.45, 7) is 1.96. The molecule has 3 N–H and O–H groups in total. The number of aromatic nitrogens is 2. The van der Waals surface area contributed by atoms with E-state index in [2.05, 4.69) is 21.0 Å². The van der Waals surface area contributed by atoms with Gasteiger partial charge in [0.1, 0.15) is 5.82 Å². The summed E-state index contributed by atoms with van der Waals surface area (Å²) in [4.78, 5) is 10.8. The second-order valence-electron chi connectivity index (χ2n) is 3.60. The molecule has 1 aromatic heterocycles. The van der Waals surface area contributed by atoms with E-state index < -0.39 is 5.97 Å². The van der Waals surface area contributed by atoms with Gasteiger partial charge in [-0.05, 0) is 24.6 Å². The topological polar surface area (TPSA) is 81.1 Å². The van der Waals surface area contributed by atoms with E-state index in [0.29, 0.717) is 5.69 Å². The number of nitrogen functional groups attached to an aromatic ring is 1. The Hall–Kier alpha value is -1.82. The van der Waals surface area contributed by atoms with Gasteiger partial charge < -0.3 is 10.8 Å². The van der Waals surface area contributed by atoms with E-state index in [9.17, 15) is 4.79 Å². The summed E-state index contributed by atoms with van der Waals surface area (Å²) in [6, 6.07) is 6.90. The fourth-order valence-corrected chi connectivity index (χ4v) is 1.79. The minimum atomic E-state index is -1.10. The number of aryl methyl sites for hydroxylation is 1. The number of carboxylic acids is 1. The number of anilines is 1. The standard InChI is InChI=1S/C11H10BrN3O2/c1-6-2-3-7(4-8(6)12)15-10(13)5-9(14-15)11(16)17/h2-5H,13H2,1H3,(H,16,17). The van der Waals surface area contributed by atoms with Crippen LogP contribution in [0.15, 0.2) is 28.7 Å². The highest BCUT2D eigenvalue weighted by Gasteiger charge is 2.12. The van der Waals surface area contributed by atoms with E-state index in [4.69, 9.17) is 10.8 Å². The molecule has 0 atom stereocenters. The maximum Gasteiger partial charge on any atom is 0.356 e. The highest BCUT2D eigenvalue weighted by molar-refractivity contribution is 9.10. The van der Waals surface area contributed by atoms with Gasteiger partial charge in [0.05, 0.1) is 5.69 Å². The first kappa shape index (κ1) is 11.7. The van der Waals surface area contributed by atoms with Crippen LogP contribution in [0.5, 0.6) is 0 Å². The van der Waals surface area contributed by atoms with Crippen LogP contribution in [0, 0.1) is 6.92 Å². The number of benzene rings is 1. The molecule has 1 heterocycles. The molecule has 0 bridgehead atoms. The molecule has 2 aromatic rings. The Balaban J connectivity index is 2.52. The van der Waals surface area contributed by atoms with E-state index in [1.165, 1.54) is 10.7 Å². The van der Waals surface area contributed by atoms with Gasteiger partial charge in [0.15, 0.2) is 5.69 Å². The van der Waals surface area contributed by atoms with Gasteiger partial charge in [0.2, 0.25) is 0 Å². The van der Waals surface area contributed by atoms with Crippen LogP contribution in [0.4, 0.5) is 5.82 Å². The van der Waals surface area contributed by atoms with Crippen molar-refractivity contribution in [1.82, 2.24) is 9.78 Å². The highest BCUT2D eigenvalue weighted by atomic mass is 79.9. The first-order valence-corrected chi connectivity index (χ1v) is 5.63. The smallest absolute Gasteiger partial charge is 0.356 e. The molecule has 0 aliphatic carbocycles. The summed E-state index contributed by atoms with van der Waals surface area (Å²) >= 11 is 3.41. The molecule has 0 aliphatic heterocycles. The number of halogens is 1. The summed E-state index contributed by atoms with van der Waals surface area (Å²) in [5, 5.41) is 12.7. The van der Waals surface area contributed by atoms with E-state index >= 15 is 0 Å². The van der Waals surface area contributed by atoms with Crippen LogP contribution < -0.4 is 5.73 Å². The van der Waals surface area contributed by atoms with Crippen molar-refractivity contribution in [3.8, 4) is 5.69 Å². The average Bonchev–Trinajstić information content (AvgIpc) is 2.65. The lowest BCUT2D eigenvalue weighted by Crippen LogP contribution is -2.03. The number of nitrogens with two attached hydrogens (primary N) is 1. The predicted octanol–water partition coefficient (Wildman–Crippen LogP) is 2.22. The monoisotopic (exact) mass is 295 g/mol. The van der Waals surface area contributed by atoms with Gasteiger partial charge in [-0.1, -0.05) is 22.0 Å². The van der Waals surface area contributed by atoms with Gasteiger partial charge >= 0.3 is 5.97 Å². The van der Waals surface area contributed by atoms with E-state index in [-0.39, 0.29) is 11.5 Å². The van der Waals surface area contributed by atoms with Crippen molar-refractivity contribution in [2.24, 2.45) is 0 Å². The lowest BCUT2D eigenvalue weighted by molar-refractivity contribution is 0.0690. The number of nitrogens with zero attached hydrogens (tertiary/aromatic N) is 2. The molecule has 0 aliphatic rings. The molecule has 17 heavy (non-hydrogen) atoms. The van der Waals surface area contributed by atoms with Crippen LogP contribution >= 0.6 is 15.9 Å². The SMILES string of the molecule is Cc1ccc(-n2nc(C(=O)O)cc2N)cc1Br. The molecule has 6 heteroatoms. The minimum Gasteiger partial charge on any atom is -0.476 e. The van der Waals surface area contributed by atoms with Crippen molar-refractivity contribution in [1.29, 1.82) is 0 Å². The zero-order valence-electron chi connectivity index (χ0n) is 9.01. The lowest BCUT2D eigenvalue weighted by atomic mass is 10.2. The Morgan fingerprint density at radius 2 is 2.18 bits per heavy atom. The third-order valence-corrected chi connectivity index (χ3v) is 3.21. The van der Waals surface area contributed by atoms with Gasteiger partial charge in [-0.25, -0.2) is 9.48 Å². The van der Waals surface area contributed by atoms with E-state index in [1.807, 2.05) is 25.1 Å². The van der Waals surface area contributed by atoms with Crippen LogP contribution in [0.2, 0.25) is 0 Å². The maximum atomic E-state index is 10.8. The third kappa shape index (κ3) is 2.16. The first-order valence-electron chi connectivity index (χ1n) is 4.84. The van der Waals surface area contributed by atoms with Gasteiger partial charge in [0, 0.05) is 10.5 Å². The van der Waals surface area contributed by atoms with Gasteiger partial charge in [-0.15, -0.1) is 0 Å². The highest BCUT2D eigenvalue weighted by Crippen LogP contribution is 2.22. The number of hydrogen-bond donors (Lipinski definition) is 2. The molecule has 5 nitrogen and oxygen atoms in total. The quantitative estimate of drug-likeness (QED) is 0.890. The Morgan fingerprint density at radius 1 is 1.47 bits per heavy atom. The number of rotatable bonds is 2. The molecule has 0 radical (unpaired) electrons. The molecule has 88 valence electrons. The first-order chi connectivity index (χ1) is 7.99. The third-order valence-electron chi connectivity index (χ3n) is 2.36. The molecule has 0 amide bonds. The Bertz CT molecular complexity index is 592. The van der Waals surface area contributed by atoms with Crippen LogP contribution in [0.1, 0.15) is 16.1 Å². The van der Waals surface area contributed by atoms with Crippen molar-refractivity contribution in [3.05, 3.63) is 40.0 Å². The average molecular weight is 296 g/mol. The summed E-state index contributed by atoms with van der Waals surface area (Å²) in [5.41, 5.74) is 7.45. The zero-order valence-corrected chi connectivity index (χ0v) is 10.6. The number of hydrogen-bond acceptors (Lipinski definition) is 3. The molecule has 0 spiro atoms. The van der Waals surface area contributed by atoms with Crippen LogP contribution in [0.25, 0.3) is 5.69 Å². The molecular weight excluding hydrogens is 286 g/mol. The second kappa shape index (κ2) is 4.21. The lowest BCUT2D eigenvalue weighted by Gasteiger charge is -2.05. The predicted molar refractivity (Wildman–Crippen MR) is 67.4 cm³/mol. The molecule has 0 saturated heterocycles. The van der Waals surface area contributed by atoms with Crippen molar-refractivity contribution in [3.63, 3.8) is 0 Å². The van der Waals surface area contributed by atoms with Crippen LogP contribution in [0.3, 0.4) is 0 Å². The van der Waals surface area contributed by atoms with Gasteiger partial charge in [0.25, 0.3) is 0 Å². The fourth-order valence-electron chi connectivity index (χ4n) is 1.42. The summed E-state index contributed by atoms with van der Waals surface area (Å²) in [7, 11) is 0. The summed E-state index contributed by atoms with van der Waals surface area (Å²) in [6.07, 6.45) is 0. The Morgan fingerprint density at radius 3 is 2.71 bits per heavy atom. The molecule has 2 rings (SSSR count). The van der Waals surface area contributed by atoms with Crippen LogP contribution in [-0.2, 0) is 0 Å². The summed E-state index contributed by atoms with van der Waals surface area (Å²) in [5.74, 6) is -0.806. The van der Waals surface area contributed by atoms with E-state index in [1.54, 1.807) is 0 Å². The maximum absolute atomic E-state index is 10.8. The van der Waals surface area contributed by atoms with Crippen molar-refractivity contribution < 1.29 is 9.90 Å². The van der Waals surface area contributed by atoms with Gasteiger partial charge in [-0.3, -0.25) is 0 Å². The number of carboxylic acid groups (broad SMARTS) is 1. The molecule has 1 aromatic carbocycles.